The first-order valence-corrected chi connectivity index (χ1v) is 37.9. The lowest BCUT2D eigenvalue weighted by Gasteiger charge is -2.50. The van der Waals surface area contributed by atoms with Gasteiger partial charge in [-0.25, -0.2) is 0 Å². The van der Waals surface area contributed by atoms with E-state index in [2.05, 4.69) is 305 Å². The zero-order valence-corrected chi connectivity index (χ0v) is 59.0. The second-order valence-corrected chi connectivity index (χ2v) is 33.0. The number of hydrogen-bond acceptors (Lipinski definition) is 3. The highest BCUT2D eigenvalue weighted by Gasteiger charge is 2.61. The normalized spacial score (nSPS) is 24.6. The molecule has 3 fully saturated rings. The van der Waals surface area contributed by atoms with Crippen molar-refractivity contribution in [1.82, 2.24) is 0 Å². The number of benzene rings is 14. The molecule has 3 heteroatoms. The predicted octanol–water partition coefficient (Wildman–Crippen LogP) is 27.2. The zero-order chi connectivity index (χ0) is 67.3. The average Bonchev–Trinajstić information content (AvgIpc) is 1.55. The van der Waals surface area contributed by atoms with Crippen LogP contribution in [0.5, 0.6) is 0 Å². The smallest absolute Gasteiger partial charge is 0.0518 e. The van der Waals surface area contributed by atoms with Gasteiger partial charge in [0, 0.05) is 66.5 Å². The summed E-state index contributed by atoms with van der Waals surface area (Å²) in [4.78, 5) is 8.33. The molecule has 3 heterocycles. The van der Waals surface area contributed by atoms with Crippen molar-refractivity contribution >= 4 is 131 Å². The van der Waals surface area contributed by atoms with E-state index in [-0.39, 0.29) is 32.9 Å². The van der Waals surface area contributed by atoms with E-state index in [4.69, 9.17) is 0 Å². The Morgan fingerprint density at radius 2 is 0.525 bits per heavy atom. The lowest BCUT2D eigenvalue weighted by Crippen LogP contribution is -2.54. The van der Waals surface area contributed by atoms with Gasteiger partial charge in [-0.2, -0.15) is 0 Å². The average molecular weight is 1300 g/mol. The van der Waals surface area contributed by atoms with Gasteiger partial charge in [0.15, 0.2) is 0 Å². The quantitative estimate of drug-likeness (QED) is 0.164. The Hall–Kier alpha value is -10.2. The van der Waals surface area contributed by atoms with E-state index >= 15 is 0 Å². The van der Waals surface area contributed by atoms with Gasteiger partial charge in [-0.05, 0) is 257 Å². The maximum atomic E-state index is 2.78. The highest BCUT2D eigenvalue weighted by atomic mass is 15.3. The molecule has 0 bridgehead atoms. The molecule has 16 aromatic rings. The fourth-order valence-electron chi connectivity index (χ4n) is 23.1. The summed E-state index contributed by atoms with van der Waals surface area (Å²) in [7, 11) is 0. The molecule has 3 aliphatic heterocycles. The summed E-state index contributed by atoms with van der Waals surface area (Å²) in [5.41, 5.74) is 20.1. The first-order chi connectivity index (χ1) is 49.3. The molecule has 490 valence electrons. The third kappa shape index (κ3) is 7.35. The van der Waals surface area contributed by atoms with E-state index < -0.39 is 0 Å². The molecule has 22 rings (SSSR count). The van der Waals surface area contributed by atoms with E-state index in [1.54, 1.807) is 0 Å². The predicted molar refractivity (Wildman–Crippen MR) is 431 cm³/mol. The largest absolute Gasteiger partial charge is 0.334 e. The number of hydrogen-bond donors (Lipinski definition) is 0. The van der Waals surface area contributed by atoms with Crippen molar-refractivity contribution in [2.75, 3.05) is 14.7 Å². The summed E-state index contributed by atoms with van der Waals surface area (Å²) in [6, 6.07) is 98.1. The van der Waals surface area contributed by atoms with Crippen LogP contribution < -0.4 is 14.7 Å². The molecule has 3 saturated carbocycles. The summed E-state index contributed by atoms with van der Waals surface area (Å²) in [5, 5.41) is 24.1. The Kier molecular flexibility index (Phi) is 11.8. The van der Waals surface area contributed by atoms with Gasteiger partial charge in [0.2, 0.25) is 0 Å². The second kappa shape index (κ2) is 20.3. The molecule has 0 N–H and O–H groups in total. The minimum absolute atomic E-state index is 0.00589. The van der Waals surface area contributed by atoms with Gasteiger partial charge < -0.3 is 14.7 Å². The van der Waals surface area contributed by atoms with Crippen molar-refractivity contribution in [2.45, 2.75) is 151 Å². The number of nitrogens with zero attached hydrogens (tertiary/aromatic N) is 3. The molecule has 0 amide bonds. The minimum Gasteiger partial charge on any atom is -0.334 e. The maximum absolute atomic E-state index is 2.78. The lowest BCUT2D eigenvalue weighted by molar-refractivity contribution is 0.195. The molecule has 6 aliphatic rings. The SMILES string of the molecule is CC12CCCCC1(C)N(c1cccc3ccccc13)c1ccc(-c3ccc4c5cc6c(cc5c5cccc3c54)c3ccc(-c4ccc5c(c4)C4(C)CCCCC4(C)N5c4cccc5ccccc45)c4c(-c5ccc7c(c5)C5(C)CCCCC5(C)N7c5cccc7ccccc57)ccc6c43)cc12. The Balaban J connectivity index is 0.742. The van der Waals surface area contributed by atoms with Crippen molar-refractivity contribution < 1.29 is 0 Å². The molecule has 0 radical (unpaired) electrons. The lowest BCUT2D eigenvalue weighted by atomic mass is 9.61. The summed E-state index contributed by atoms with van der Waals surface area (Å²) in [6.45, 7) is 15.5. The van der Waals surface area contributed by atoms with Crippen LogP contribution in [0.4, 0.5) is 34.1 Å². The van der Waals surface area contributed by atoms with Crippen molar-refractivity contribution in [3.05, 3.63) is 265 Å². The maximum Gasteiger partial charge on any atom is 0.0518 e. The molecular weight excluding hydrogens is 1220 g/mol. The second-order valence-electron chi connectivity index (χ2n) is 33.0. The molecule has 101 heavy (non-hydrogen) atoms. The van der Waals surface area contributed by atoms with Crippen LogP contribution >= 0.6 is 0 Å². The fraction of sp³-hybridized carbons (Fsp3) is 0.245. The molecule has 6 atom stereocenters. The Morgan fingerprint density at radius 1 is 0.218 bits per heavy atom. The van der Waals surface area contributed by atoms with Gasteiger partial charge in [-0.15, -0.1) is 0 Å². The fourth-order valence-corrected chi connectivity index (χ4v) is 23.1. The monoisotopic (exact) mass is 1300 g/mol. The van der Waals surface area contributed by atoms with Gasteiger partial charge in [0.05, 0.1) is 16.6 Å². The van der Waals surface area contributed by atoms with Crippen molar-refractivity contribution in [3.63, 3.8) is 0 Å². The third-order valence-electron chi connectivity index (χ3n) is 28.8. The summed E-state index contributed by atoms with van der Waals surface area (Å²) in [5.74, 6) is 0. The summed E-state index contributed by atoms with van der Waals surface area (Å²) >= 11 is 0. The van der Waals surface area contributed by atoms with Crippen LogP contribution in [0.15, 0.2) is 249 Å². The van der Waals surface area contributed by atoms with Crippen molar-refractivity contribution in [3.8, 4) is 33.4 Å². The molecule has 6 unspecified atom stereocenters. The highest BCUT2D eigenvalue weighted by molar-refractivity contribution is 6.39. The highest BCUT2D eigenvalue weighted by Crippen LogP contribution is 2.66. The summed E-state index contributed by atoms with van der Waals surface area (Å²) < 4.78 is 0. The topological polar surface area (TPSA) is 9.72 Å². The first kappa shape index (κ1) is 58.6. The molecule has 0 spiro atoms. The van der Waals surface area contributed by atoms with Gasteiger partial charge >= 0.3 is 0 Å². The van der Waals surface area contributed by atoms with Gasteiger partial charge in [-0.1, -0.05) is 241 Å². The number of anilines is 6. The van der Waals surface area contributed by atoms with E-state index in [9.17, 15) is 0 Å². The van der Waals surface area contributed by atoms with Crippen LogP contribution in [0.2, 0.25) is 0 Å². The van der Waals surface area contributed by atoms with Crippen LogP contribution in [-0.2, 0) is 16.2 Å². The van der Waals surface area contributed by atoms with Crippen LogP contribution in [0.25, 0.3) is 130 Å². The van der Waals surface area contributed by atoms with Crippen LogP contribution in [0, 0.1) is 0 Å². The van der Waals surface area contributed by atoms with Gasteiger partial charge in [0.1, 0.15) is 0 Å². The Bertz CT molecular complexity index is 6000. The molecular formula is C98H83N3. The standard InChI is InChI=1S/C98H83N3/c1-93-49-13-16-52-96(93,4)99(84-34-19-26-60-23-7-10-29-67(60)84)87-46-37-63(55-81(87)93)66-40-43-74-78-59-80-76-45-42-71(65-39-48-89-83(57-65)95(3)51-15-18-54-98(95,6)101(89)86-36-21-28-62-25-9-12-31-69(62)86)91-70(41-44-75(92(76)91)79(80)58-77(78)73-33-22-32-72(66)90(73)74)64-38-47-88-82(56-64)94(2)50-14-17-53-97(94,5)100(88)85-35-20-27-61-24-8-11-30-68(61)85/h7-12,19-48,55-59H,13-18,49-54H2,1-6H3. The molecule has 0 aromatic heterocycles. The third-order valence-corrected chi connectivity index (χ3v) is 28.8. The molecule has 0 saturated heterocycles. The molecule has 3 aliphatic carbocycles. The molecule has 16 aromatic carbocycles. The van der Waals surface area contributed by atoms with Gasteiger partial charge in [-0.3, -0.25) is 0 Å². The van der Waals surface area contributed by atoms with Crippen LogP contribution in [0.3, 0.4) is 0 Å². The first-order valence-electron chi connectivity index (χ1n) is 37.9. The van der Waals surface area contributed by atoms with E-state index in [1.807, 2.05) is 0 Å². The van der Waals surface area contributed by atoms with E-state index in [1.165, 1.54) is 233 Å². The van der Waals surface area contributed by atoms with E-state index in [0.717, 1.165) is 25.7 Å². The van der Waals surface area contributed by atoms with Crippen molar-refractivity contribution in [2.24, 2.45) is 0 Å². The van der Waals surface area contributed by atoms with Crippen LogP contribution in [0.1, 0.15) is 135 Å². The van der Waals surface area contributed by atoms with E-state index in [0.29, 0.717) is 0 Å². The molecule has 3 nitrogen and oxygen atoms in total. The van der Waals surface area contributed by atoms with Crippen molar-refractivity contribution in [1.29, 1.82) is 0 Å². The number of rotatable bonds is 6. The Labute approximate surface area is 592 Å². The number of fused-ring (bicyclic) bond motifs is 18. The van der Waals surface area contributed by atoms with Gasteiger partial charge in [0.25, 0.3) is 0 Å². The Morgan fingerprint density at radius 3 is 0.931 bits per heavy atom. The minimum atomic E-state index is -0.0941. The zero-order valence-electron chi connectivity index (χ0n) is 59.0. The summed E-state index contributed by atoms with van der Waals surface area (Å²) in [6.07, 6.45) is 14.4. The van der Waals surface area contributed by atoms with Crippen LogP contribution in [-0.4, -0.2) is 16.6 Å².